The summed E-state index contributed by atoms with van der Waals surface area (Å²) in [5, 5.41) is 0. The molecule has 7 heteroatoms. The van der Waals surface area contributed by atoms with Gasteiger partial charge in [0.1, 0.15) is 0 Å². The molecule has 0 unspecified atom stereocenters. The van der Waals surface area contributed by atoms with Crippen molar-refractivity contribution in [1.82, 2.24) is 0 Å². The van der Waals surface area contributed by atoms with Crippen LogP contribution in [0.15, 0.2) is 6.07 Å². The highest BCUT2D eigenvalue weighted by atomic mass is 19.4. The molecule has 0 nitrogen and oxygen atoms in total. The predicted molar refractivity (Wildman–Crippen MR) is 59.0 cm³/mol. The SMILES string of the molecule is CCc1cc(C)[c]c(C)c1C(F)(C(F)(F)F)C(F)(F)F. The topological polar surface area (TPSA) is 0 Å². The number of benzene rings is 1. The monoisotopic (exact) mass is 301 g/mol. The molecule has 0 aromatic heterocycles. The Bertz CT molecular complexity index is 483. The fraction of sp³-hybridized carbons (Fsp3) is 0.538. The first-order valence-corrected chi connectivity index (χ1v) is 5.71. The Morgan fingerprint density at radius 3 is 1.75 bits per heavy atom. The van der Waals surface area contributed by atoms with E-state index in [2.05, 4.69) is 6.07 Å². The van der Waals surface area contributed by atoms with Gasteiger partial charge in [0.25, 0.3) is 0 Å². The van der Waals surface area contributed by atoms with Gasteiger partial charge in [-0.25, -0.2) is 4.39 Å². The van der Waals surface area contributed by atoms with Gasteiger partial charge in [-0.15, -0.1) is 0 Å². The molecule has 1 aromatic rings. The number of hydrogen-bond donors (Lipinski definition) is 0. The second-order valence-electron chi connectivity index (χ2n) is 4.49. The van der Waals surface area contributed by atoms with Crippen molar-refractivity contribution in [3.8, 4) is 0 Å². The molecule has 0 spiro atoms. The summed E-state index contributed by atoms with van der Waals surface area (Å²) in [5.41, 5.74) is -7.24. The number of hydrogen-bond acceptors (Lipinski definition) is 0. The summed E-state index contributed by atoms with van der Waals surface area (Å²) in [5.74, 6) is 0. The Morgan fingerprint density at radius 1 is 0.950 bits per heavy atom. The predicted octanol–water partition coefficient (Wildman–Crippen LogP) is 4.96. The summed E-state index contributed by atoms with van der Waals surface area (Å²) in [7, 11) is 0. The molecule has 0 atom stereocenters. The molecule has 0 aliphatic heterocycles. The Morgan fingerprint density at radius 2 is 1.40 bits per heavy atom. The standard InChI is InChI=1S/C13H12F7/c1-4-9-6-7(2)5-8(3)10(9)11(14,12(15,16)17)13(18,19)20/h6H,4H2,1-3H3. The van der Waals surface area contributed by atoms with Crippen LogP contribution in [0.4, 0.5) is 30.7 Å². The van der Waals surface area contributed by atoms with Crippen LogP contribution >= 0.6 is 0 Å². The molecule has 0 aliphatic carbocycles. The van der Waals surface area contributed by atoms with Crippen LogP contribution < -0.4 is 0 Å². The zero-order valence-electron chi connectivity index (χ0n) is 10.9. The van der Waals surface area contributed by atoms with E-state index in [1.54, 1.807) is 0 Å². The second-order valence-corrected chi connectivity index (χ2v) is 4.49. The van der Waals surface area contributed by atoms with Crippen LogP contribution in [0.25, 0.3) is 0 Å². The van der Waals surface area contributed by atoms with Crippen LogP contribution in [-0.4, -0.2) is 12.4 Å². The molecular formula is C13H12F7. The maximum absolute atomic E-state index is 14.1. The quantitative estimate of drug-likeness (QED) is 0.678. The minimum Gasteiger partial charge on any atom is -0.218 e. The minimum absolute atomic E-state index is 0.149. The van der Waals surface area contributed by atoms with Crippen molar-refractivity contribution in [2.24, 2.45) is 0 Å². The van der Waals surface area contributed by atoms with Gasteiger partial charge in [0.05, 0.1) is 0 Å². The molecule has 0 bridgehead atoms. The molecule has 0 heterocycles. The van der Waals surface area contributed by atoms with Crippen molar-refractivity contribution in [3.05, 3.63) is 34.4 Å². The van der Waals surface area contributed by atoms with Gasteiger partial charge in [-0.2, -0.15) is 26.3 Å². The summed E-state index contributed by atoms with van der Waals surface area (Å²) in [6.45, 7) is 3.83. The molecule has 0 N–H and O–H groups in total. The van der Waals surface area contributed by atoms with E-state index in [1.165, 1.54) is 13.8 Å². The van der Waals surface area contributed by atoms with Gasteiger partial charge in [0.15, 0.2) is 0 Å². The first-order chi connectivity index (χ1) is 8.86. The van der Waals surface area contributed by atoms with Crippen molar-refractivity contribution >= 4 is 0 Å². The maximum Gasteiger partial charge on any atom is 0.435 e. The van der Waals surface area contributed by atoms with Gasteiger partial charge in [0.2, 0.25) is 0 Å². The summed E-state index contributed by atoms with van der Waals surface area (Å²) >= 11 is 0. The van der Waals surface area contributed by atoms with E-state index in [-0.39, 0.29) is 12.0 Å². The molecule has 0 amide bonds. The lowest BCUT2D eigenvalue weighted by atomic mass is 9.84. The lowest BCUT2D eigenvalue weighted by molar-refractivity contribution is -0.349. The first kappa shape index (κ1) is 16.8. The summed E-state index contributed by atoms with van der Waals surface area (Å²) in [6, 6.07) is 3.41. The first-order valence-electron chi connectivity index (χ1n) is 5.71. The van der Waals surface area contributed by atoms with Gasteiger partial charge >= 0.3 is 18.0 Å². The third-order valence-electron chi connectivity index (χ3n) is 2.98. The van der Waals surface area contributed by atoms with Gasteiger partial charge in [-0.3, -0.25) is 0 Å². The highest BCUT2D eigenvalue weighted by Crippen LogP contribution is 2.54. The van der Waals surface area contributed by atoms with Gasteiger partial charge in [-0.05, 0) is 43.0 Å². The number of rotatable bonds is 2. The van der Waals surface area contributed by atoms with Crippen LogP contribution in [0.1, 0.15) is 29.2 Å². The fourth-order valence-electron chi connectivity index (χ4n) is 2.17. The van der Waals surface area contributed by atoms with Crippen molar-refractivity contribution < 1.29 is 30.7 Å². The number of alkyl halides is 7. The van der Waals surface area contributed by atoms with Gasteiger partial charge in [0, 0.05) is 5.56 Å². The summed E-state index contributed by atoms with van der Waals surface area (Å²) in [4.78, 5) is 0. The zero-order valence-corrected chi connectivity index (χ0v) is 10.9. The number of aryl methyl sites for hydroxylation is 3. The van der Waals surface area contributed by atoms with Crippen LogP contribution in [0.2, 0.25) is 0 Å². The smallest absolute Gasteiger partial charge is 0.218 e. The molecule has 1 radical (unpaired) electrons. The molecule has 0 saturated carbocycles. The van der Waals surface area contributed by atoms with Crippen LogP contribution in [0, 0.1) is 19.9 Å². The Kier molecular flexibility index (Phi) is 4.14. The molecule has 0 saturated heterocycles. The van der Waals surface area contributed by atoms with Crippen molar-refractivity contribution in [2.45, 2.75) is 45.2 Å². The summed E-state index contributed by atoms with van der Waals surface area (Å²) in [6.07, 6.45) is -12.3. The van der Waals surface area contributed by atoms with E-state index in [0.717, 1.165) is 13.0 Å². The van der Waals surface area contributed by atoms with E-state index in [9.17, 15) is 30.7 Å². The minimum atomic E-state index is -6.09. The second kappa shape index (κ2) is 4.93. The van der Waals surface area contributed by atoms with Gasteiger partial charge < -0.3 is 0 Å². The maximum atomic E-state index is 14.1. The Hall–Kier alpha value is -1.27. The van der Waals surface area contributed by atoms with Gasteiger partial charge in [-0.1, -0.05) is 13.0 Å². The van der Waals surface area contributed by atoms with Crippen molar-refractivity contribution in [1.29, 1.82) is 0 Å². The Labute approximate surface area is 111 Å². The van der Waals surface area contributed by atoms with E-state index >= 15 is 0 Å². The van der Waals surface area contributed by atoms with E-state index in [0.29, 0.717) is 5.56 Å². The zero-order chi connectivity index (χ0) is 15.9. The normalized spacial score (nSPS) is 13.7. The average Bonchev–Trinajstić information content (AvgIpc) is 2.23. The van der Waals surface area contributed by atoms with Crippen molar-refractivity contribution in [2.75, 3.05) is 0 Å². The highest BCUT2D eigenvalue weighted by Gasteiger charge is 2.74. The fourth-order valence-corrected chi connectivity index (χ4v) is 2.17. The largest absolute Gasteiger partial charge is 0.435 e. The van der Waals surface area contributed by atoms with Crippen LogP contribution in [-0.2, 0) is 12.1 Å². The molecule has 0 fully saturated rings. The van der Waals surface area contributed by atoms with E-state index in [1.807, 2.05) is 0 Å². The average molecular weight is 301 g/mol. The van der Waals surface area contributed by atoms with E-state index in [4.69, 9.17) is 0 Å². The molecule has 1 aromatic carbocycles. The van der Waals surface area contributed by atoms with Crippen LogP contribution in [0.3, 0.4) is 0 Å². The van der Waals surface area contributed by atoms with Crippen molar-refractivity contribution in [3.63, 3.8) is 0 Å². The molecule has 0 aliphatic rings. The Balaban J connectivity index is 3.77. The molecule has 20 heavy (non-hydrogen) atoms. The molecule has 113 valence electrons. The lowest BCUT2D eigenvalue weighted by Gasteiger charge is -2.33. The third kappa shape index (κ3) is 2.50. The number of halogens is 7. The summed E-state index contributed by atoms with van der Waals surface area (Å²) < 4.78 is 90.8. The van der Waals surface area contributed by atoms with Crippen LogP contribution in [0.5, 0.6) is 0 Å². The molecular weight excluding hydrogens is 289 g/mol. The third-order valence-corrected chi connectivity index (χ3v) is 2.98. The molecule has 1 rings (SSSR count). The van der Waals surface area contributed by atoms with E-state index < -0.39 is 29.1 Å². The lowest BCUT2D eigenvalue weighted by Crippen LogP contribution is -2.51. The highest BCUT2D eigenvalue weighted by molar-refractivity contribution is 5.43.